The fourth-order valence-corrected chi connectivity index (χ4v) is 3.11. The Balaban J connectivity index is 2.19. The van der Waals surface area contributed by atoms with E-state index >= 15 is 0 Å². The van der Waals surface area contributed by atoms with Crippen molar-refractivity contribution in [1.82, 2.24) is 5.32 Å². The molecule has 2 rings (SSSR count). The zero-order valence-corrected chi connectivity index (χ0v) is 12.9. The second-order valence-electron chi connectivity index (χ2n) is 4.98. The van der Waals surface area contributed by atoms with Crippen LogP contribution in [-0.2, 0) is 13.8 Å². The van der Waals surface area contributed by atoms with Crippen molar-refractivity contribution in [2.75, 3.05) is 19.8 Å². The molecule has 0 aliphatic carbocycles. The van der Waals surface area contributed by atoms with E-state index in [1.807, 2.05) is 0 Å². The van der Waals surface area contributed by atoms with Gasteiger partial charge in [-0.3, -0.25) is 4.79 Å². The van der Waals surface area contributed by atoms with Gasteiger partial charge in [-0.05, 0) is 31.0 Å². The lowest BCUT2D eigenvalue weighted by atomic mass is 10.1. The fraction of sp³-hybridized carbons (Fsp3) is 0.462. The van der Waals surface area contributed by atoms with Crippen molar-refractivity contribution in [3.63, 3.8) is 0 Å². The highest BCUT2D eigenvalue weighted by Crippen LogP contribution is 2.23. The lowest BCUT2D eigenvalue weighted by Gasteiger charge is -2.11. The smallest absolute Gasteiger partial charge is 0.264 e. The van der Waals surface area contributed by atoms with Crippen molar-refractivity contribution >= 4 is 25.6 Å². The number of aryl methyl sites for hydroxylation is 1. The van der Waals surface area contributed by atoms with Gasteiger partial charge in [0.2, 0.25) is 0 Å². The molecule has 1 aliphatic rings. The van der Waals surface area contributed by atoms with Gasteiger partial charge in [-0.15, -0.1) is 0 Å². The summed E-state index contributed by atoms with van der Waals surface area (Å²) in [6, 6.07) is 2.24. The standard InChI is InChI=1S/C13H15ClFNO4S/c1-8-4-10(5-11(12(8)15)21(14,18)19)13(17)16-6-9-2-3-20-7-9/h4-5,9H,2-3,6-7H2,1H3,(H,16,17). The van der Waals surface area contributed by atoms with Crippen molar-refractivity contribution in [2.24, 2.45) is 5.92 Å². The lowest BCUT2D eigenvalue weighted by Crippen LogP contribution is -2.29. The molecule has 1 aromatic carbocycles. The topological polar surface area (TPSA) is 72.5 Å². The summed E-state index contributed by atoms with van der Waals surface area (Å²) in [5.41, 5.74) is 0.109. The van der Waals surface area contributed by atoms with Crippen molar-refractivity contribution < 1.29 is 22.3 Å². The van der Waals surface area contributed by atoms with Crippen molar-refractivity contribution in [3.8, 4) is 0 Å². The predicted molar refractivity (Wildman–Crippen MR) is 75.4 cm³/mol. The highest BCUT2D eigenvalue weighted by atomic mass is 35.7. The molecule has 1 heterocycles. The van der Waals surface area contributed by atoms with Crippen LogP contribution in [-0.4, -0.2) is 34.1 Å². The van der Waals surface area contributed by atoms with E-state index < -0.39 is 25.7 Å². The number of amides is 1. The maximum absolute atomic E-state index is 13.8. The van der Waals surface area contributed by atoms with E-state index in [0.29, 0.717) is 19.8 Å². The van der Waals surface area contributed by atoms with Crippen molar-refractivity contribution in [3.05, 3.63) is 29.1 Å². The molecule has 8 heteroatoms. The van der Waals surface area contributed by atoms with Gasteiger partial charge in [0.05, 0.1) is 6.61 Å². The summed E-state index contributed by atoms with van der Waals surface area (Å²) in [5, 5.41) is 2.69. The van der Waals surface area contributed by atoms with Crippen LogP contribution in [0.5, 0.6) is 0 Å². The Morgan fingerprint density at radius 1 is 1.52 bits per heavy atom. The van der Waals surface area contributed by atoms with Crippen LogP contribution in [0.25, 0.3) is 0 Å². The molecule has 1 atom stereocenters. The summed E-state index contributed by atoms with van der Waals surface area (Å²) in [4.78, 5) is 11.3. The number of rotatable bonds is 4. The van der Waals surface area contributed by atoms with E-state index in [9.17, 15) is 17.6 Å². The van der Waals surface area contributed by atoms with Crippen LogP contribution >= 0.6 is 10.7 Å². The van der Waals surface area contributed by atoms with Crippen LogP contribution in [0.2, 0.25) is 0 Å². The number of ether oxygens (including phenoxy) is 1. The Hall–Kier alpha value is -1.18. The summed E-state index contributed by atoms with van der Waals surface area (Å²) in [5.74, 6) is -1.16. The van der Waals surface area contributed by atoms with Gasteiger partial charge in [0.1, 0.15) is 10.7 Å². The zero-order chi connectivity index (χ0) is 15.6. The summed E-state index contributed by atoms with van der Waals surface area (Å²) in [6.07, 6.45) is 0.865. The first-order chi connectivity index (χ1) is 9.79. The van der Waals surface area contributed by atoms with E-state index in [1.54, 1.807) is 0 Å². The molecule has 0 saturated carbocycles. The molecule has 1 aromatic rings. The minimum absolute atomic E-state index is 0.0473. The second kappa shape index (κ2) is 6.29. The van der Waals surface area contributed by atoms with E-state index in [0.717, 1.165) is 12.5 Å². The Morgan fingerprint density at radius 2 is 2.24 bits per heavy atom. The average molecular weight is 336 g/mol. The first-order valence-corrected chi connectivity index (χ1v) is 8.70. The number of carbonyl (C=O) groups is 1. The third-order valence-electron chi connectivity index (χ3n) is 3.32. The molecule has 5 nitrogen and oxygen atoms in total. The molecule has 1 aliphatic heterocycles. The molecule has 0 radical (unpaired) electrons. The fourth-order valence-electron chi connectivity index (χ4n) is 2.13. The number of benzene rings is 1. The summed E-state index contributed by atoms with van der Waals surface area (Å²) in [7, 11) is 0.932. The minimum Gasteiger partial charge on any atom is -0.381 e. The molecule has 0 spiro atoms. The second-order valence-corrected chi connectivity index (χ2v) is 7.52. The molecule has 1 saturated heterocycles. The largest absolute Gasteiger partial charge is 0.381 e. The minimum atomic E-state index is -4.25. The summed E-state index contributed by atoms with van der Waals surface area (Å²) < 4.78 is 41.6. The number of halogens is 2. The summed E-state index contributed by atoms with van der Waals surface area (Å²) in [6.45, 7) is 3.07. The third-order valence-corrected chi connectivity index (χ3v) is 4.64. The van der Waals surface area contributed by atoms with Gasteiger partial charge in [0.15, 0.2) is 0 Å². The number of hydrogen-bond acceptors (Lipinski definition) is 4. The highest BCUT2D eigenvalue weighted by Gasteiger charge is 2.22. The van der Waals surface area contributed by atoms with Gasteiger partial charge in [0.25, 0.3) is 15.0 Å². The summed E-state index contributed by atoms with van der Waals surface area (Å²) >= 11 is 0. The van der Waals surface area contributed by atoms with Crippen LogP contribution in [0.15, 0.2) is 17.0 Å². The van der Waals surface area contributed by atoms with Crippen LogP contribution < -0.4 is 5.32 Å². The van der Waals surface area contributed by atoms with Gasteiger partial charge in [-0.2, -0.15) is 0 Å². The average Bonchev–Trinajstić information content (AvgIpc) is 2.90. The van der Waals surface area contributed by atoms with Crippen LogP contribution in [0.1, 0.15) is 22.3 Å². The SMILES string of the molecule is Cc1cc(C(=O)NCC2CCOC2)cc(S(=O)(=O)Cl)c1F. The Bertz CT molecular complexity index is 656. The van der Waals surface area contributed by atoms with Gasteiger partial charge < -0.3 is 10.1 Å². The lowest BCUT2D eigenvalue weighted by molar-refractivity contribution is 0.0944. The van der Waals surface area contributed by atoms with Gasteiger partial charge in [-0.25, -0.2) is 12.8 Å². The van der Waals surface area contributed by atoms with E-state index in [1.165, 1.54) is 13.0 Å². The molecular weight excluding hydrogens is 321 g/mol. The third kappa shape index (κ3) is 3.93. The highest BCUT2D eigenvalue weighted by molar-refractivity contribution is 8.13. The van der Waals surface area contributed by atoms with Crippen LogP contribution in [0.3, 0.4) is 0 Å². The van der Waals surface area contributed by atoms with E-state index in [2.05, 4.69) is 5.32 Å². The molecule has 1 N–H and O–H groups in total. The monoisotopic (exact) mass is 335 g/mol. The van der Waals surface area contributed by atoms with E-state index in [-0.39, 0.29) is 17.0 Å². The van der Waals surface area contributed by atoms with Crippen molar-refractivity contribution in [2.45, 2.75) is 18.2 Å². The Labute approximate surface area is 126 Å². The molecule has 1 unspecified atom stereocenters. The predicted octanol–water partition coefficient (Wildman–Crippen LogP) is 1.83. The first kappa shape index (κ1) is 16.2. The number of nitrogens with one attached hydrogen (secondary N) is 1. The molecule has 0 bridgehead atoms. The normalized spacial score (nSPS) is 18.7. The maximum atomic E-state index is 13.8. The molecular formula is C13H15ClFNO4S. The van der Waals surface area contributed by atoms with Gasteiger partial charge >= 0.3 is 0 Å². The molecule has 1 amide bonds. The van der Waals surface area contributed by atoms with Crippen LogP contribution in [0.4, 0.5) is 4.39 Å². The molecule has 116 valence electrons. The number of carbonyl (C=O) groups excluding carboxylic acids is 1. The molecule has 1 fully saturated rings. The Kier molecular flexibility index (Phi) is 4.85. The zero-order valence-electron chi connectivity index (χ0n) is 11.4. The van der Waals surface area contributed by atoms with Gasteiger partial charge in [0, 0.05) is 35.3 Å². The van der Waals surface area contributed by atoms with Gasteiger partial charge in [-0.1, -0.05) is 0 Å². The molecule has 0 aromatic heterocycles. The van der Waals surface area contributed by atoms with Crippen molar-refractivity contribution in [1.29, 1.82) is 0 Å². The van der Waals surface area contributed by atoms with E-state index in [4.69, 9.17) is 15.4 Å². The Morgan fingerprint density at radius 3 is 2.81 bits per heavy atom. The maximum Gasteiger partial charge on any atom is 0.264 e. The first-order valence-electron chi connectivity index (χ1n) is 6.40. The number of hydrogen-bond donors (Lipinski definition) is 1. The molecule has 21 heavy (non-hydrogen) atoms. The van der Waals surface area contributed by atoms with Crippen LogP contribution in [0, 0.1) is 18.7 Å². The quantitative estimate of drug-likeness (QED) is 0.852.